The Kier molecular flexibility index (Phi) is 12.4. The number of imidazole rings is 2. The molecule has 0 unspecified atom stereocenters. The van der Waals surface area contributed by atoms with Crippen LogP contribution in [0.5, 0.6) is 5.75 Å². The molecule has 1 aliphatic heterocycles. The minimum Gasteiger partial charge on any atom is -0.491 e. The van der Waals surface area contributed by atoms with Crippen molar-refractivity contribution in [3.63, 3.8) is 0 Å². The second kappa shape index (κ2) is 18.0. The van der Waals surface area contributed by atoms with Gasteiger partial charge >= 0.3 is 0 Å². The highest BCUT2D eigenvalue weighted by atomic mass is 16.5. The lowest BCUT2D eigenvalue weighted by atomic mass is 10.1. The minimum absolute atomic E-state index is 0.202. The lowest BCUT2D eigenvalue weighted by Crippen LogP contribution is -2.37. The fourth-order valence-corrected chi connectivity index (χ4v) is 7.24. The van der Waals surface area contributed by atoms with Gasteiger partial charge in [-0.3, -0.25) is 44.1 Å². The summed E-state index contributed by atoms with van der Waals surface area (Å²) in [6.07, 6.45) is 4.48. The molecule has 314 valence electrons. The van der Waals surface area contributed by atoms with Gasteiger partial charge < -0.3 is 30.1 Å². The second-order valence-corrected chi connectivity index (χ2v) is 14.4. The van der Waals surface area contributed by atoms with Gasteiger partial charge in [-0.1, -0.05) is 12.2 Å². The van der Waals surface area contributed by atoms with E-state index in [0.717, 1.165) is 26.1 Å². The maximum Gasteiger partial charge on any atom is 0.276 e. The number of amides is 4. The van der Waals surface area contributed by atoms with Crippen molar-refractivity contribution in [1.82, 2.24) is 43.6 Å². The molecular weight excluding hydrogens is 771 g/mol. The molecule has 1 saturated heterocycles. The largest absolute Gasteiger partial charge is 0.491 e. The standard InChI is InChI=1S/C41H49N13O6/c1-5-53-32(20-25(3)48-53)38(57)46-40-44-29-22-27(36(42)55)10-11-31(29)51(40)13-7-8-14-52-35-30(45-41(52)47-39(58)33-21-26(4)49-54(33)6-2)23-28(37(43)56)24-34(35)60-17-9-12-50-15-18-59-19-16-50/h7-8,10-11,20-24H,5-6,9,12-19H2,1-4H3,(H2,42,55)(H2,43,56)(H,44,46,57)(H,45,47,58). The first-order chi connectivity index (χ1) is 28.9. The molecule has 6 aromatic rings. The quantitative estimate of drug-likeness (QED) is 0.0768. The smallest absolute Gasteiger partial charge is 0.276 e. The molecule has 19 heteroatoms. The van der Waals surface area contributed by atoms with E-state index in [1.54, 1.807) is 61.0 Å². The summed E-state index contributed by atoms with van der Waals surface area (Å²) in [6.45, 7) is 13.1. The average Bonchev–Trinajstić information content (AvgIpc) is 4.00. The number of ether oxygens (including phenoxy) is 2. The predicted octanol–water partition coefficient (Wildman–Crippen LogP) is 3.50. The number of hydrogen-bond acceptors (Lipinski definition) is 11. The Morgan fingerprint density at radius 1 is 0.767 bits per heavy atom. The van der Waals surface area contributed by atoms with Crippen molar-refractivity contribution in [3.8, 4) is 5.75 Å². The van der Waals surface area contributed by atoms with Crippen LogP contribution in [0, 0.1) is 13.8 Å². The summed E-state index contributed by atoms with van der Waals surface area (Å²) in [4.78, 5) is 63.6. The van der Waals surface area contributed by atoms with Gasteiger partial charge in [-0.2, -0.15) is 10.2 Å². The van der Waals surface area contributed by atoms with Crippen molar-refractivity contribution in [2.24, 2.45) is 11.5 Å². The highest BCUT2D eigenvalue weighted by Crippen LogP contribution is 2.32. The Labute approximate surface area is 345 Å². The van der Waals surface area contributed by atoms with E-state index in [1.165, 1.54) is 0 Å². The van der Waals surface area contributed by atoms with E-state index in [4.69, 9.17) is 25.9 Å². The average molecular weight is 820 g/mol. The van der Waals surface area contributed by atoms with Crippen molar-refractivity contribution >= 4 is 57.6 Å². The highest BCUT2D eigenvalue weighted by molar-refractivity contribution is 6.05. The van der Waals surface area contributed by atoms with Gasteiger partial charge in [0.15, 0.2) is 0 Å². The molecule has 2 aromatic carbocycles. The number of benzene rings is 2. The number of hydrogen-bond donors (Lipinski definition) is 4. The topological polar surface area (TPSA) is 237 Å². The van der Waals surface area contributed by atoms with E-state index >= 15 is 0 Å². The van der Waals surface area contributed by atoms with Crippen LogP contribution in [0.2, 0.25) is 0 Å². The van der Waals surface area contributed by atoms with Gasteiger partial charge in [-0.15, -0.1) is 0 Å². The molecule has 4 aromatic heterocycles. The first-order valence-electron chi connectivity index (χ1n) is 19.9. The van der Waals surface area contributed by atoms with E-state index < -0.39 is 23.6 Å². The third kappa shape index (κ3) is 8.91. The van der Waals surface area contributed by atoms with Crippen LogP contribution < -0.4 is 26.8 Å². The number of carbonyl (C=O) groups excluding carboxylic acids is 4. The van der Waals surface area contributed by atoms with Crippen LogP contribution in [0.15, 0.2) is 54.6 Å². The van der Waals surface area contributed by atoms with Crippen molar-refractivity contribution in [2.75, 3.05) is 50.1 Å². The number of nitrogens with two attached hydrogens (primary N) is 2. The maximum absolute atomic E-state index is 13.8. The predicted molar refractivity (Wildman–Crippen MR) is 224 cm³/mol. The maximum atomic E-state index is 13.8. The first kappa shape index (κ1) is 41.3. The van der Waals surface area contributed by atoms with Gasteiger partial charge in [0.05, 0.1) is 47.8 Å². The van der Waals surface area contributed by atoms with Gasteiger partial charge in [-0.25, -0.2) is 9.97 Å². The number of carbonyl (C=O) groups is 4. The number of aryl methyl sites for hydroxylation is 4. The molecule has 0 bridgehead atoms. The Morgan fingerprint density at radius 3 is 1.93 bits per heavy atom. The molecule has 0 radical (unpaired) electrons. The van der Waals surface area contributed by atoms with Crippen LogP contribution in [-0.4, -0.2) is 107 Å². The van der Waals surface area contributed by atoms with E-state index in [9.17, 15) is 19.2 Å². The molecule has 0 aliphatic carbocycles. The summed E-state index contributed by atoms with van der Waals surface area (Å²) in [5.41, 5.74) is 16.0. The number of morpholine rings is 1. The fourth-order valence-electron chi connectivity index (χ4n) is 7.24. The van der Waals surface area contributed by atoms with E-state index in [1.807, 2.05) is 39.8 Å². The van der Waals surface area contributed by atoms with Gasteiger partial charge in [0.1, 0.15) is 22.7 Å². The molecule has 4 amide bonds. The lowest BCUT2D eigenvalue weighted by Gasteiger charge is -2.26. The summed E-state index contributed by atoms with van der Waals surface area (Å²) in [5.74, 6) is -1.22. The Morgan fingerprint density at radius 2 is 1.33 bits per heavy atom. The molecule has 1 aliphatic rings. The lowest BCUT2D eigenvalue weighted by molar-refractivity contribution is 0.0358. The van der Waals surface area contributed by atoms with Crippen molar-refractivity contribution < 1.29 is 28.7 Å². The Hall–Kier alpha value is -6.86. The zero-order valence-corrected chi connectivity index (χ0v) is 34.1. The zero-order chi connectivity index (χ0) is 42.5. The van der Waals surface area contributed by atoms with Crippen molar-refractivity contribution in [3.05, 3.63) is 88.5 Å². The van der Waals surface area contributed by atoms with Crippen LogP contribution in [0.4, 0.5) is 11.9 Å². The van der Waals surface area contributed by atoms with E-state index in [2.05, 4.69) is 30.7 Å². The molecule has 7 rings (SSSR count). The molecule has 6 N–H and O–H groups in total. The summed E-state index contributed by atoms with van der Waals surface area (Å²) < 4.78 is 18.7. The molecule has 19 nitrogen and oxygen atoms in total. The van der Waals surface area contributed by atoms with Gasteiger partial charge in [0, 0.05) is 56.9 Å². The number of allylic oxidation sites excluding steroid dienone is 2. The molecular formula is C41H49N13O6. The van der Waals surface area contributed by atoms with Gasteiger partial charge in [-0.05, 0) is 76.6 Å². The van der Waals surface area contributed by atoms with E-state index in [-0.39, 0.29) is 36.1 Å². The summed E-state index contributed by atoms with van der Waals surface area (Å²) in [5, 5.41) is 14.7. The SMILES string of the molecule is CCn1nc(C)cc1C(=O)Nc1nc2cc(C(N)=O)ccc2n1CC=CCn1c(NC(=O)c2cc(C)nn2CC)nc2cc(C(N)=O)cc(OCCCN3CCOCC3)c21. The van der Waals surface area contributed by atoms with Crippen LogP contribution in [0.1, 0.15) is 73.3 Å². The van der Waals surface area contributed by atoms with Crippen molar-refractivity contribution in [2.45, 2.75) is 60.3 Å². The first-order valence-corrected chi connectivity index (χ1v) is 19.9. The zero-order valence-electron chi connectivity index (χ0n) is 34.1. The summed E-state index contributed by atoms with van der Waals surface area (Å²) in [6, 6.07) is 11.5. The molecule has 0 saturated carbocycles. The minimum atomic E-state index is -0.648. The summed E-state index contributed by atoms with van der Waals surface area (Å²) >= 11 is 0. The van der Waals surface area contributed by atoms with Crippen molar-refractivity contribution in [1.29, 1.82) is 0 Å². The van der Waals surface area contributed by atoms with Crippen LogP contribution >= 0.6 is 0 Å². The number of primary amides is 2. The third-order valence-corrected chi connectivity index (χ3v) is 10.2. The normalized spacial score (nSPS) is 13.4. The number of nitrogens with zero attached hydrogens (tertiary/aromatic N) is 9. The van der Waals surface area contributed by atoms with Crippen LogP contribution in [0.3, 0.4) is 0 Å². The van der Waals surface area contributed by atoms with E-state index in [0.29, 0.717) is 83.5 Å². The van der Waals surface area contributed by atoms with Gasteiger partial charge in [0.25, 0.3) is 11.8 Å². The Balaban J connectivity index is 1.22. The molecule has 1 fully saturated rings. The molecule has 0 atom stereocenters. The van der Waals surface area contributed by atoms with Crippen LogP contribution in [0.25, 0.3) is 22.1 Å². The number of rotatable bonds is 17. The van der Waals surface area contributed by atoms with Crippen LogP contribution in [-0.2, 0) is 30.9 Å². The summed E-state index contributed by atoms with van der Waals surface area (Å²) in [7, 11) is 0. The molecule has 60 heavy (non-hydrogen) atoms. The van der Waals surface area contributed by atoms with Gasteiger partial charge in [0.2, 0.25) is 23.7 Å². The highest BCUT2D eigenvalue weighted by Gasteiger charge is 2.23. The molecule has 0 spiro atoms. The third-order valence-electron chi connectivity index (χ3n) is 10.2. The Bertz CT molecular complexity index is 2610. The number of anilines is 2. The second-order valence-electron chi connectivity index (χ2n) is 14.4. The number of aromatic nitrogens is 8. The number of nitrogens with one attached hydrogen (secondary N) is 2. The fraction of sp³-hybridized carbons (Fsp3) is 0.366. The monoisotopic (exact) mass is 819 g/mol. The number of fused-ring (bicyclic) bond motifs is 2. The molecule has 5 heterocycles.